The van der Waals surface area contributed by atoms with Crippen molar-refractivity contribution in [2.75, 3.05) is 26.2 Å². The van der Waals surface area contributed by atoms with Crippen LogP contribution in [-0.2, 0) is 4.79 Å². The van der Waals surface area contributed by atoms with Crippen LogP contribution < -0.4 is 0 Å². The zero-order chi connectivity index (χ0) is 20.4. The molecule has 29 heavy (non-hydrogen) atoms. The average Bonchev–Trinajstić information content (AvgIpc) is 3.42. The molecule has 2 aromatic rings. The van der Waals surface area contributed by atoms with Gasteiger partial charge in [0.1, 0.15) is 5.82 Å². The monoisotopic (exact) mass is 400 g/mol. The molecule has 0 saturated carbocycles. The standard InChI is InChI=1S/C22H29FN4O2/c1-15-13-18(5-6-19(15)23)21-24-22(29-25-21)16(2)26-11-7-17(8-12-26)14-20(28)27-9-3-4-10-27/h5-6,13,16-17H,3-4,7-12,14H2,1-2H3. The molecule has 7 heteroatoms. The van der Waals surface area contributed by atoms with Crippen LogP contribution in [-0.4, -0.2) is 52.0 Å². The Hall–Kier alpha value is -2.28. The first-order valence-electron chi connectivity index (χ1n) is 10.6. The molecule has 3 heterocycles. The smallest absolute Gasteiger partial charge is 0.244 e. The van der Waals surface area contributed by atoms with Crippen LogP contribution in [0.4, 0.5) is 4.39 Å². The molecule has 2 aliphatic rings. The third kappa shape index (κ3) is 4.50. The molecule has 0 N–H and O–H groups in total. The molecule has 1 aromatic carbocycles. The van der Waals surface area contributed by atoms with E-state index in [1.807, 2.05) is 4.90 Å². The predicted octanol–water partition coefficient (Wildman–Crippen LogP) is 3.97. The van der Waals surface area contributed by atoms with Gasteiger partial charge in [-0.2, -0.15) is 4.98 Å². The van der Waals surface area contributed by atoms with Gasteiger partial charge in [0.25, 0.3) is 0 Å². The third-order valence-corrected chi connectivity index (χ3v) is 6.33. The molecule has 1 atom stereocenters. The molecule has 1 aromatic heterocycles. The molecule has 0 bridgehead atoms. The third-order valence-electron chi connectivity index (χ3n) is 6.33. The number of hydrogen-bond acceptors (Lipinski definition) is 5. The molecule has 2 saturated heterocycles. The summed E-state index contributed by atoms with van der Waals surface area (Å²) >= 11 is 0. The van der Waals surface area contributed by atoms with Gasteiger partial charge in [-0.1, -0.05) is 5.16 Å². The number of nitrogens with zero attached hydrogens (tertiary/aromatic N) is 4. The van der Waals surface area contributed by atoms with Crippen LogP contribution in [0.2, 0.25) is 0 Å². The number of halogens is 1. The molecule has 1 unspecified atom stereocenters. The molecule has 6 nitrogen and oxygen atoms in total. The van der Waals surface area contributed by atoms with E-state index in [2.05, 4.69) is 22.0 Å². The summed E-state index contributed by atoms with van der Waals surface area (Å²) in [5, 5.41) is 4.09. The van der Waals surface area contributed by atoms with Gasteiger partial charge in [0.2, 0.25) is 17.6 Å². The van der Waals surface area contributed by atoms with Gasteiger partial charge >= 0.3 is 0 Å². The predicted molar refractivity (Wildman–Crippen MR) is 108 cm³/mol. The minimum Gasteiger partial charge on any atom is -0.343 e. The Labute approximate surface area is 171 Å². The van der Waals surface area contributed by atoms with Crippen LogP contribution in [0.5, 0.6) is 0 Å². The number of amides is 1. The van der Waals surface area contributed by atoms with Crippen molar-refractivity contribution in [3.05, 3.63) is 35.5 Å². The maximum atomic E-state index is 13.5. The summed E-state index contributed by atoms with van der Waals surface area (Å²) in [4.78, 5) is 21.3. The van der Waals surface area contributed by atoms with Gasteiger partial charge in [-0.15, -0.1) is 0 Å². The summed E-state index contributed by atoms with van der Waals surface area (Å²) in [7, 11) is 0. The molecule has 156 valence electrons. The Morgan fingerprint density at radius 3 is 2.66 bits per heavy atom. The number of piperidine rings is 1. The lowest BCUT2D eigenvalue weighted by Crippen LogP contribution is -2.38. The lowest BCUT2D eigenvalue weighted by Gasteiger charge is -2.34. The van der Waals surface area contributed by atoms with Gasteiger partial charge in [-0.3, -0.25) is 9.69 Å². The van der Waals surface area contributed by atoms with Crippen molar-refractivity contribution in [2.24, 2.45) is 5.92 Å². The number of rotatable bonds is 5. The van der Waals surface area contributed by atoms with E-state index in [1.165, 1.54) is 6.07 Å². The number of benzene rings is 1. The number of carbonyl (C=O) groups excluding carboxylic acids is 1. The van der Waals surface area contributed by atoms with Crippen LogP contribution in [0.3, 0.4) is 0 Å². The second kappa shape index (κ2) is 8.61. The van der Waals surface area contributed by atoms with Crippen LogP contribution in [0.25, 0.3) is 11.4 Å². The summed E-state index contributed by atoms with van der Waals surface area (Å²) in [5.41, 5.74) is 1.32. The zero-order valence-electron chi connectivity index (χ0n) is 17.2. The van der Waals surface area contributed by atoms with Crippen molar-refractivity contribution in [1.29, 1.82) is 0 Å². The number of hydrogen-bond donors (Lipinski definition) is 0. The topological polar surface area (TPSA) is 62.5 Å². The summed E-state index contributed by atoms with van der Waals surface area (Å²) in [6, 6.07) is 4.86. The molecule has 0 radical (unpaired) electrons. The van der Waals surface area contributed by atoms with E-state index in [0.717, 1.165) is 57.4 Å². The first kappa shape index (κ1) is 20.0. The highest BCUT2D eigenvalue weighted by Gasteiger charge is 2.29. The second-order valence-electron chi connectivity index (χ2n) is 8.37. The Morgan fingerprint density at radius 2 is 1.97 bits per heavy atom. The van der Waals surface area contributed by atoms with E-state index in [9.17, 15) is 9.18 Å². The number of aryl methyl sites for hydroxylation is 1. The fourth-order valence-electron chi connectivity index (χ4n) is 4.35. The molecule has 1 amide bonds. The van der Waals surface area contributed by atoms with E-state index >= 15 is 0 Å². The summed E-state index contributed by atoms with van der Waals surface area (Å²) in [5.74, 6) is 1.61. The van der Waals surface area contributed by atoms with Crippen molar-refractivity contribution in [3.63, 3.8) is 0 Å². The van der Waals surface area contributed by atoms with E-state index in [4.69, 9.17) is 4.52 Å². The van der Waals surface area contributed by atoms with Gasteiger partial charge < -0.3 is 9.42 Å². The number of carbonyl (C=O) groups is 1. The van der Waals surface area contributed by atoms with Crippen molar-refractivity contribution in [2.45, 2.75) is 52.0 Å². The molecule has 0 aliphatic carbocycles. The van der Waals surface area contributed by atoms with Crippen LogP contribution in [0.15, 0.2) is 22.7 Å². The average molecular weight is 400 g/mol. The molecular formula is C22H29FN4O2. The first-order chi connectivity index (χ1) is 14.0. The van der Waals surface area contributed by atoms with Crippen molar-refractivity contribution in [1.82, 2.24) is 19.9 Å². The fraction of sp³-hybridized carbons (Fsp3) is 0.591. The van der Waals surface area contributed by atoms with Crippen molar-refractivity contribution >= 4 is 5.91 Å². The Bertz CT molecular complexity index is 854. The van der Waals surface area contributed by atoms with Crippen LogP contribution >= 0.6 is 0 Å². The highest BCUT2D eigenvalue weighted by Crippen LogP contribution is 2.29. The maximum absolute atomic E-state index is 13.5. The minimum absolute atomic E-state index is 0.0213. The molecule has 2 aliphatic heterocycles. The van der Waals surface area contributed by atoms with E-state index < -0.39 is 0 Å². The largest absolute Gasteiger partial charge is 0.343 e. The van der Waals surface area contributed by atoms with Crippen LogP contribution in [0, 0.1) is 18.7 Å². The maximum Gasteiger partial charge on any atom is 0.244 e. The number of likely N-dealkylation sites (tertiary alicyclic amines) is 2. The Balaban J connectivity index is 1.32. The SMILES string of the molecule is Cc1cc(-c2noc(C(C)N3CCC(CC(=O)N4CCCC4)CC3)n2)ccc1F. The van der Waals surface area contributed by atoms with Crippen molar-refractivity contribution in [3.8, 4) is 11.4 Å². The minimum atomic E-state index is -0.239. The molecule has 4 rings (SSSR count). The summed E-state index contributed by atoms with van der Waals surface area (Å²) in [6.45, 7) is 7.51. The Morgan fingerprint density at radius 1 is 1.24 bits per heavy atom. The van der Waals surface area contributed by atoms with Gasteiger partial charge in [0.05, 0.1) is 6.04 Å². The number of aromatic nitrogens is 2. The highest BCUT2D eigenvalue weighted by atomic mass is 19.1. The van der Waals surface area contributed by atoms with Crippen molar-refractivity contribution < 1.29 is 13.7 Å². The van der Waals surface area contributed by atoms with E-state index in [0.29, 0.717) is 35.5 Å². The fourth-order valence-corrected chi connectivity index (χ4v) is 4.35. The lowest BCUT2D eigenvalue weighted by atomic mass is 9.92. The van der Waals surface area contributed by atoms with E-state index in [1.54, 1.807) is 19.1 Å². The summed E-state index contributed by atoms with van der Waals surface area (Å²) in [6.07, 6.45) is 5.00. The van der Waals surface area contributed by atoms with Gasteiger partial charge in [0, 0.05) is 25.1 Å². The molecule has 0 spiro atoms. The normalized spacial score (nSPS) is 19.6. The van der Waals surface area contributed by atoms with Gasteiger partial charge in [-0.05, 0) is 82.3 Å². The Kier molecular flexibility index (Phi) is 5.94. The lowest BCUT2D eigenvalue weighted by molar-refractivity contribution is -0.131. The zero-order valence-corrected chi connectivity index (χ0v) is 17.2. The molecule has 2 fully saturated rings. The van der Waals surface area contributed by atoms with E-state index in [-0.39, 0.29) is 11.9 Å². The quantitative estimate of drug-likeness (QED) is 0.760. The highest BCUT2D eigenvalue weighted by molar-refractivity contribution is 5.76. The van der Waals surface area contributed by atoms with Gasteiger partial charge in [0.15, 0.2) is 0 Å². The second-order valence-corrected chi connectivity index (χ2v) is 8.37. The molecular weight excluding hydrogens is 371 g/mol. The van der Waals surface area contributed by atoms with Crippen LogP contribution in [0.1, 0.15) is 56.5 Å². The van der Waals surface area contributed by atoms with Gasteiger partial charge in [-0.25, -0.2) is 4.39 Å². The summed E-state index contributed by atoms with van der Waals surface area (Å²) < 4.78 is 19.0. The first-order valence-corrected chi connectivity index (χ1v) is 10.6.